The number of carbonyl (C=O) groups is 1. The molecular weight excluding hydrogens is 324 g/mol. The van der Waals surface area contributed by atoms with E-state index in [9.17, 15) is 9.59 Å². The number of rotatable bonds is 6. The lowest BCUT2D eigenvalue weighted by molar-refractivity contribution is -0.143. The monoisotopic (exact) mass is 346 g/mol. The summed E-state index contributed by atoms with van der Waals surface area (Å²) in [5, 5.41) is 3.01. The summed E-state index contributed by atoms with van der Waals surface area (Å²) in [6.45, 7) is 3.16. The number of esters is 1. The highest BCUT2D eigenvalue weighted by molar-refractivity contribution is 5.70. The van der Waals surface area contributed by atoms with Crippen molar-refractivity contribution in [2.45, 2.75) is 25.7 Å². The summed E-state index contributed by atoms with van der Waals surface area (Å²) in [4.78, 5) is 23.7. The van der Waals surface area contributed by atoms with E-state index in [1.54, 1.807) is 20.0 Å². The molecule has 1 N–H and O–H groups in total. The summed E-state index contributed by atoms with van der Waals surface area (Å²) >= 11 is 0. The fraction of sp³-hybridized carbons (Fsp3) is 0.444. The van der Waals surface area contributed by atoms with Gasteiger partial charge in [-0.05, 0) is 37.0 Å². The quantitative estimate of drug-likeness (QED) is 0.806. The first-order valence-electron chi connectivity index (χ1n) is 8.37. The van der Waals surface area contributed by atoms with Gasteiger partial charge >= 0.3 is 5.97 Å². The number of aromatic amines is 1. The maximum Gasteiger partial charge on any atom is 0.306 e. The minimum absolute atomic E-state index is 0.105. The van der Waals surface area contributed by atoms with Gasteiger partial charge in [-0.25, -0.2) is 0 Å². The topological polar surface area (TPSA) is 82.6 Å². The second-order valence-corrected chi connectivity index (χ2v) is 5.99. The summed E-state index contributed by atoms with van der Waals surface area (Å²) in [6, 6.07) is 7.24. The van der Waals surface area contributed by atoms with Gasteiger partial charge in [-0.15, -0.1) is 0 Å². The van der Waals surface area contributed by atoms with E-state index in [0.29, 0.717) is 37.7 Å². The Balaban J connectivity index is 1.87. The van der Waals surface area contributed by atoms with E-state index in [1.165, 1.54) is 4.68 Å². The van der Waals surface area contributed by atoms with Gasteiger partial charge in [-0.3, -0.25) is 19.4 Å². The van der Waals surface area contributed by atoms with Gasteiger partial charge in [0.05, 0.1) is 13.0 Å². The number of nitrogens with zero attached hydrogens (tertiary/aromatic N) is 1. The van der Waals surface area contributed by atoms with Gasteiger partial charge in [0, 0.05) is 18.8 Å². The molecule has 1 unspecified atom stereocenters. The SMILES string of the molecule is CCOC(=O)CC(Cc1cc(=O)n(C)[nH]1)c1ccc2c(c1)OCCO2. The zero-order chi connectivity index (χ0) is 17.8. The first kappa shape index (κ1) is 17.1. The van der Waals surface area contributed by atoms with Gasteiger partial charge in [0.15, 0.2) is 11.5 Å². The van der Waals surface area contributed by atoms with Gasteiger partial charge < -0.3 is 14.2 Å². The molecule has 0 radical (unpaired) electrons. The van der Waals surface area contributed by atoms with Gasteiger partial charge in [0.2, 0.25) is 0 Å². The molecule has 0 aliphatic carbocycles. The Morgan fingerprint density at radius 1 is 1.28 bits per heavy atom. The van der Waals surface area contributed by atoms with E-state index < -0.39 is 0 Å². The van der Waals surface area contributed by atoms with Crippen LogP contribution in [0.1, 0.15) is 30.5 Å². The largest absolute Gasteiger partial charge is 0.486 e. The summed E-state index contributed by atoms with van der Waals surface area (Å²) in [7, 11) is 1.66. The Bertz CT molecular complexity index is 808. The third-order valence-electron chi connectivity index (χ3n) is 4.16. The van der Waals surface area contributed by atoms with Crippen LogP contribution in [-0.4, -0.2) is 35.6 Å². The van der Waals surface area contributed by atoms with Crippen LogP contribution in [0.5, 0.6) is 11.5 Å². The number of aromatic nitrogens is 2. The zero-order valence-electron chi connectivity index (χ0n) is 14.4. The Morgan fingerprint density at radius 2 is 2.04 bits per heavy atom. The maximum absolute atomic E-state index is 12.0. The molecule has 1 atom stereocenters. The first-order chi connectivity index (χ1) is 12.1. The molecule has 25 heavy (non-hydrogen) atoms. The van der Waals surface area contributed by atoms with Crippen molar-refractivity contribution in [2.75, 3.05) is 19.8 Å². The second kappa shape index (κ2) is 7.46. The van der Waals surface area contributed by atoms with E-state index >= 15 is 0 Å². The maximum atomic E-state index is 12.0. The third-order valence-corrected chi connectivity index (χ3v) is 4.16. The Labute approximate surface area is 145 Å². The number of ether oxygens (including phenoxy) is 3. The van der Waals surface area contributed by atoms with E-state index in [2.05, 4.69) is 5.10 Å². The Kier molecular flexibility index (Phi) is 5.11. The molecule has 0 saturated carbocycles. The predicted molar refractivity (Wildman–Crippen MR) is 91.2 cm³/mol. The molecule has 7 nitrogen and oxygen atoms in total. The fourth-order valence-corrected chi connectivity index (χ4v) is 2.96. The molecule has 3 rings (SSSR count). The number of carbonyl (C=O) groups excluding carboxylic acids is 1. The molecule has 2 heterocycles. The van der Waals surface area contributed by atoms with Crippen LogP contribution in [0.2, 0.25) is 0 Å². The number of hydrogen-bond donors (Lipinski definition) is 1. The first-order valence-corrected chi connectivity index (χ1v) is 8.37. The molecule has 2 aromatic rings. The van der Waals surface area contributed by atoms with Crippen molar-refractivity contribution in [3.63, 3.8) is 0 Å². The second-order valence-electron chi connectivity index (χ2n) is 5.99. The number of aryl methyl sites for hydroxylation is 1. The van der Waals surface area contributed by atoms with E-state index in [4.69, 9.17) is 14.2 Å². The number of hydrogen-bond acceptors (Lipinski definition) is 5. The molecule has 0 bridgehead atoms. The van der Waals surface area contributed by atoms with Crippen LogP contribution in [0, 0.1) is 0 Å². The lowest BCUT2D eigenvalue weighted by Gasteiger charge is -2.21. The van der Waals surface area contributed by atoms with Crippen molar-refractivity contribution in [2.24, 2.45) is 7.05 Å². The zero-order valence-corrected chi connectivity index (χ0v) is 14.4. The highest BCUT2D eigenvalue weighted by atomic mass is 16.6. The minimum Gasteiger partial charge on any atom is -0.486 e. The lowest BCUT2D eigenvalue weighted by Crippen LogP contribution is -2.17. The number of benzene rings is 1. The van der Waals surface area contributed by atoms with Crippen LogP contribution in [0.15, 0.2) is 29.1 Å². The van der Waals surface area contributed by atoms with Crippen molar-refractivity contribution in [3.05, 3.63) is 45.9 Å². The summed E-state index contributed by atoms with van der Waals surface area (Å²) < 4.78 is 17.7. The normalized spacial score (nSPS) is 14.2. The van der Waals surface area contributed by atoms with Crippen molar-refractivity contribution in [1.82, 2.24) is 9.78 Å². The van der Waals surface area contributed by atoms with Crippen molar-refractivity contribution >= 4 is 5.97 Å². The van der Waals surface area contributed by atoms with E-state index in [1.807, 2.05) is 18.2 Å². The van der Waals surface area contributed by atoms with Gasteiger partial charge in [0.1, 0.15) is 13.2 Å². The smallest absolute Gasteiger partial charge is 0.306 e. The van der Waals surface area contributed by atoms with E-state index in [-0.39, 0.29) is 23.9 Å². The third kappa shape index (κ3) is 4.04. The van der Waals surface area contributed by atoms with Crippen LogP contribution in [-0.2, 0) is 23.0 Å². The molecule has 0 spiro atoms. The van der Waals surface area contributed by atoms with E-state index in [0.717, 1.165) is 11.3 Å². The standard InChI is InChI=1S/C18H22N2O5/c1-3-23-18(22)10-13(8-14-11-17(21)20(2)19-14)12-4-5-15-16(9-12)25-7-6-24-15/h4-5,9,11,13,19H,3,6-8,10H2,1-2H3. The van der Waals surface area contributed by atoms with Crippen molar-refractivity contribution in [1.29, 1.82) is 0 Å². The van der Waals surface area contributed by atoms with Gasteiger partial charge in [-0.2, -0.15) is 0 Å². The Hall–Kier alpha value is -2.70. The molecule has 1 aromatic carbocycles. The average molecular weight is 346 g/mol. The van der Waals surface area contributed by atoms with Crippen molar-refractivity contribution in [3.8, 4) is 11.5 Å². The van der Waals surface area contributed by atoms with Crippen molar-refractivity contribution < 1.29 is 19.0 Å². The van der Waals surface area contributed by atoms with Crippen LogP contribution < -0.4 is 15.0 Å². The molecular formula is C18H22N2O5. The minimum atomic E-state index is -0.263. The van der Waals surface area contributed by atoms with Crippen LogP contribution in [0.25, 0.3) is 0 Å². The highest BCUT2D eigenvalue weighted by Gasteiger charge is 2.21. The number of fused-ring (bicyclic) bond motifs is 1. The molecule has 1 aliphatic heterocycles. The highest BCUT2D eigenvalue weighted by Crippen LogP contribution is 2.35. The number of H-pyrrole nitrogens is 1. The molecule has 0 saturated heterocycles. The van der Waals surface area contributed by atoms with Crippen LogP contribution in [0.4, 0.5) is 0 Å². The summed E-state index contributed by atoms with van der Waals surface area (Å²) in [5.41, 5.74) is 1.62. The lowest BCUT2D eigenvalue weighted by atomic mass is 9.91. The molecule has 1 aliphatic rings. The molecule has 7 heteroatoms. The molecule has 1 aromatic heterocycles. The predicted octanol–water partition coefficient (Wildman–Crippen LogP) is 1.76. The average Bonchev–Trinajstić information content (AvgIpc) is 2.91. The molecule has 0 fully saturated rings. The molecule has 134 valence electrons. The van der Waals surface area contributed by atoms with Gasteiger partial charge in [0.25, 0.3) is 5.56 Å². The summed E-state index contributed by atoms with van der Waals surface area (Å²) in [6.07, 6.45) is 0.749. The van der Waals surface area contributed by atoms with Gasteiger partial charge in [-0.1, -0.05) is 6.07 Å². The molecule has 0 amide bonds. The number of nitrogens with one attached hydrogen (secondary N) is 1. The fourth-order valence-electron chi connectivity index (χ4n) is 2.96. The van der Waals surface area contributed by atoms with Crippen LogP contribution >= 0.6 is 0 Å². The van der Waals surface area contributed by atoms with Crippen LogP contribution in [0.3, 0.4) is 0 Å². The Morgan fingerprint density at radius 3 is 2.72 bits per heavy atom. The summed E-state index contributed by atoms with van der Waals surface area (Å²) in [5.74, 6) is 0.991.